The van der Waals surface area contributed by atoms with Crippen molar-refractivity contribution in [1.29, 1.82) is 5.26 Å². The molecule has 0 spiro atoms. The quantitative estimate of drug-likeness (QED) is 0.854. The highest BCUT2D eigenvalue weighted by molar-refractivity contribution is 6.02. The van der Waals surface area contributed by atoms with Crippen LogP contribution < -0.4 is 5.32 Å². The molecule has 3 heterocycles. The van der Waals surface area contributed by atoms with E-state index in [0.29, 0.717) is 22.6 Å². The Kier molecular flexibility index (Phi) is 5.09. The first-order chi connectivity index (χ1) is 13.2. The molecule has 0 saturated carbocycles. The summed E-state index contributed by atoms with van der Waals surface area (Å²) in [5, 5.41) is 15.3. The Balaban J connectivity index is 1.75. The van der Waals surface area contributed by atoms with E-state index in [0.717, 1.165) is 4.90 Å². The molecule has 2 aromatic heterocycles. The molecule has 1 N–H and O–H groups in total. The molecule has 0 unspecified atom stereocenters. The van der Waals surface area contributed by atoms with Crippen molar-refractivity contribution in [3.63, 3.8) is 0 Å². The summed E-state index contributed by atoms with van der Waals surface area (Å²) < 4.78 is 32.1. The molecule has 1 fully saturated rings. The summed E-state index contributed by atoms with van der Waals surface area (Å²) in [6.45, 7) is 2.08. The highest BCUT2D eigenvalue weighted by Gasteiger charge is 2.47. The van der Waals surface area contributed by atoms with Gasteiger partial charge in [0.1, 0.15) is 11.8 Å². The van der Waals surface area contributed by atoms with Crippen molar-refractivity contribution >= 4 is 11.8 Å². The molecule has 0 radical (unpaired) electrons. The van der Waals surface area contributed by atoms with Gasteiger partial charge in [-0.05, 0) is 19.9 Å². The van der Waals surface area contributed by atoms with E-state index in [1.54, 1.807) is 19.9 Å². The molecule has 10 heteroatoms. The van der Waals surface area contributed by atoms with E-state index in [4.69, 9.17) is 9.78 Å². The van der Waals surface area contributed by atoms with Gasteiger partial charge in [-0.25, -0.2) is 8.78 Å². The predicted molar refractivity (Wildman–Crippen MR) is 92.2 cm³/mol. The van der Waals surface area contributed by atoms with Gasteiger partial charge >= 0.3 is 0 Å². The lowest BCUT2D eigenvalue weighted by molar-refractivity contribution is -0.131. The van der Waals surface area contributed by atoms with Crippen molar-refractivity contribution in [1.82, 2.24) is 20.4 Å². The van der Waals surface area contributed by atoms with Gasteiger partial charge in [0.15, 0.2) is 0 Å². The van der Waals surface area contributed by atoms with Gasteiger partial charge in [-0.3, -0.25) is 14.6 Å². The maximum atomic E-state index is 13.5. The van der Waals surface area contributed by atoms with Gasteiger partial charge in [0.05, 0.1) is 30.4 Å². The molecule has 1 aliphatic heterocycles. The predicted octanol–water partition coefficient (Wildman–Crippen LogP) is 1.84. The maximum absolute atomic E-state index is 13.5. The second-order valence-corrected chi connectivity index (χ2v) is 6.53. The minimum Gasteiger partial charge on any atom is -0.361 e. The Bertz CT molecular complexity index is 947. The third-order valence-corrected chi connectivity index (χ3v) is 4.51. The lowest BCUT2D eigenvalue weighted by Gasteiger charge is -2.19. The van der Waals surface area contributed by atoms with Crippen LogP contribution in [0.3, 0.4) is 0 Å². The van der Waals surface area contributed by atoms with Crippen LogP contribution in [0.4, 0.5) is 8.78 Å². The fourth-order valence-electron chi connectivity index (χ4n) is 3.21. The molecule has 0 bridgehead atoms. The molecule has 0 aliphatic carbocycles. The molecule has 0 aromatic carbocycles. The molecule has 1 atom stereocenters. The van der Waals surface area contributed by atoms with E-state index in [-0.39, 0.29) is 5.56 Å². The summed E-state index contributed by atoms with van der Waals surface area (Å²) in [6.07, 6.45) is 2.20. The summed E-state index contributed by atoms with van der Waals surface area (Å²) in [7, 11) is 0. The van der Waals surface area contributed by atoms with Gasteiger partial charge in [-0.15, -0.1) is 0 Å². The van der Waals surface area contributed by atoms with Crippen LogP contribution in [0.5, 0.6) is 0 Å². The lowest BCUT2D eigenvalue weighted by atomic mass is 10.0. The van der Waals surface area contributed by atoms with Crippen molar-refractivity contribution in [2.75, 3.05) is 13.1 Å². The van der Waals surface area contributed by atoms with Crippen LogP contribution in [-0.4, -0.2) is 51.9 Å². The molecule has 1 aliphatic rings. The molecular weight excluding hydrogens is 372 g/mol. The minimum atomic E-state index is -3.11. The van der Waals surface area contributed by atoms with Gasteiger partial charge in [-0.2, -0.15) is 5.26 Å². The molecular formula is C18H17F2N5O3. The molecule has 28 heavy (non-hydrogen) atoms. The molecule has 1 saturated heterocycles. The number of aromatic nitrogens is 2. The normalized spacial score (nSPS) is 18.0. The molecule has 2 aromatic rings. The Morgan fingerprint density at radius 2 is 2.21 bits per heavy atom. The second-order valence-electron chi connectivity index (χ2n) is 6.53. The van der Waals surface area contributed by atoms with Gasteiger partial charge in [-0.1, -0.05) is 5.16 Å². The van der Waals surface area contributed by atoms with Crippen LogP contribution in [0.1, 0.15) is 28.2 Å². The van der Waals surface area contributed by atoms with Gasteiger partial charge < -0.3 is 14.7 Å². The number of carbonyl (C=O) groups is 2. The standard InChI is InChI=1S/C18H17F2N5O3/c1-10-16(11(2)28-24-10)14-7-22-4-3-13(14)17(27)23-8-15(26)25-9-18(19,20)5-12(25)6-21/h3-4,7,12H,5,8-9H2,1-2H3,(H,23,27)/t12-/m0/s1. The molecule has 3 rings (SSSR count). The number of rotatable bonds is 4. The van der Waals surface area contributed by atoms with E-state index in [2.05, 4.69) is 15.5 Å². The average molecular weight is 389 g/mol. The zero-order valence-electron chi connectivity index (χ0n) is 15.2. The number of nitrogens with zero attached hydrogens (tertiary/aromatic N) is 4. The summed E-state index contributed by atoms with van der Waals surface area (Å²) in [4.78, 5) is 29.7. The third-order valence-electron chi connectivity index (χ3n) is 4.51. The van der Waals surface area contributed by atoms with Gasteiger partial charge in [0.25, 0.3) is 11.8 Å². The van der Waals surface area contributed by atoms with Crippen molar-refractivity contribution in [3.8, 4) is 17.2 Å². The fraction of sp³-hybridized carbons (Fsp3) is 0.389. The third kappa shape index (κ3) is 3.69. The largest absolute Gasteiger partial charge is 0.361 e. The first kappa shape index (κ1) is 19.4. The average Bonchev–Trinajstić information content (AvgIpc) is 3.17. The Morgan fingerprint density at radius 3 is 2.86 bits per heavy atom. The Hall–Kier alpha value is -3.35. The maximum Gasteiger partial charge on any atom is 0.268 e. The van der Waals surface area contributed by atoms with E-state index in [9.17, 15) is 18.4 Å². The van der Waals surface area contributed by atoms with Crippen molar-refractivity contribution in [2.45, 2.75) is 32.2 Å². The number of alkyl halides is 2. The van der Waals surface area contributed by atoms with Crippen molar-refractivity contribution in [2.24, 2.45) is 0 Å². The number of amides is 2. The summed E-state index contributed by atoms with van der Waals surface area (Å²) in [6, 6.07) is 1.96. The number of hydrogen-bond acceptors (Lipinski definition) is 6. The van der Waals surface area contributed by atoms with E-state index in [1.807, 2.05) is 0 Å². The number of pyridine rings is 1. The highest BCUT2D eigenvalue weighted by atomic mass is 19.3. The zero-order chi connectivity index (χ0) is 20.5. The van der Waals surface area contributed by atoms with E-state index >= 15 is 0 Å². The summed E-state index contributed by atoms with van der Waals surface area (Å²) >= 11 is 0. The summed E-state index contributed by atoms with van der Waals surface area (Å²) in [5.41, 5.74) is 1.91. The monoisotopic (exact) mass is 389 g/mol. The van der Waals surface area contributed by atoms with Crippen LogP contribution in [0.15, 0.2) is 23.0 Å². The van der Waals surface area contributed by atoms with Crippen LogP contribution in [0.25, 0.3) is 11.1 Å². The number of hydrogen-bond donors (Lipinski definition) is 1. The van der Waals surface area contributed by atoms with Crippen LogP contribution in [-0.2, 0) is 4.79 Å². The number of carbonyl (C=O) groups excluding carboxylic acids is 2. The lowest BCUT2D eigenvalue weighted by Crippen LogP contribution is -2.43. The van der Waals surface area contributed by atoms with Crippen LogP contribution in [0.2, 0.25) is 0 Å². The van der Waals surface area contributed by atoms with Gasteiger partial charge in [0.2, 0.25) is 5.91 Å². The number of halogens is 2. The van der Waals surface area contributed by atoms with Crippen molar-refractivity contribution in [3.05, 3.63) is 35.5 Å². The topological polar surface area (TPSA) is 112 Å². The minimum absolute atomic E-state index is 0.237. The SMILES string of the molecule is Cc1noc(C)c1-c1cnccc1C(=O)NCC(=O)N1CC(F)(F)C[C@H]1C#N. The van der Waals surface area contributed by atoms with E-state index in [1.165, 1.54) is 18.5 Å². The number of aryl methyl sites for hydroxylation is 2. The Labute approximate surface area is 159 Å². The van der Waals surface area contributed by atoms with Crippen LogP contribution in [0, 0.1) is 25.2 Å². The summed E-state index contributed by atoms with van der Waals surface area (Å²) in [5.74, 6) is -3.93. The molecule has 8 nitrogen and oxygen atoms in total. The second kappa shape index (κ2) is 7.34. The molecule has 2 amide bonds. The van der Waals surface area contributed by atoms with Crippen molar-refractivity contribution < 1.29 is 22.9 Å². The Morgan fingerprint density at radius 1 is 1.46 bits per heavy atom. The fourth-order valence-corrected chi connectivity index (χ4v) is 3.21. The zero-order valence-corrected chi connectivity index (χ0v) is 15.2. The highest BCUT2D eigenvalue weighted by Crippen LogP contribution is 2.32. The van der Waals surface area contributed by atoms with Gasteiger partial charge in [0, 0.05) is 29.9 Å². The van der Waals surface area contributed by atoms with E-state index < -0.39 is 43.3 Å². The first-order valence-electron chi connectivity index (χ1n) is 8.46. The first-order valence-corrected chi connectivity index (χ1v) is 8.46. The number of nitriles is 1. The number of likely N-dealkylation sites (tertiary alicyclic amines) is 1. The molecule has 146 valence electrons. The smallest absolute Gasteiger partial charge is 0.268 e. The van der Waals surface area contributed by atoms with Crippen LogP contribution >= 0.6 is 0 Å². The number of nitrogens with one attached hydrogen (secondary N) is 1.